The van der Waals surface area contributed by atoms with Gasteiger partial charge in [0.2, 0.25) is 5.91 Å². The molecule has 1 aliphatic rings. The molecule has 2 amide bonds. The van der Waals surface area contributed by atoms with E-state index < -0.39 is 6.10 Å². The van der Waals surface area contributed by atoms with Gasteiger partial charge in [0, 0.05) is 30.3 Å². The van der Waals surface area contributed by atoms with Gasteiger partial charge in [-0.2, -0.15) is 0 Å². The topological polar surface area (TPSA) is 71.5 Å². The molecule has 1 atom stereocenters. The van der Waals surface area contributed by atoms with Crippen molar-refractivity contribution in [1.29, 1.82) is 0 Å². The average molecular weight is 484 g/mol. The van der Waals surface area contributed by atoms with Crippen molar-refractivity contribution in [2.24, 2.45) is 0 Å². The van der Waals surface area contributed by atoms with Crippen molar-refractivity contribution in [3.05, 3.63) is 95.4 Å². The number of nitrogens with zero attached hydrogens (tertiary/aromatic N) is 2. The number of nitrogens with one attached hydrogen (secondary N) is 1. The van der Waals surface area contributed by atoms with Gasteiger partial charge in [-0.15, -0.1) is 11.3 Å². The van der Waals surface area contributed by atoms with Crippen molar-refractivity contribution < 1.29 is 14.3 Å². The summed E-state index contributed by atoms with van der Waals surface area (Å²) in [4.78, 5) is 31.5. The van der Waals surface area contributed by atoms with Crippen LogP contribution >= 0.6 is 11.3 Å². The van der Waals surface area contributed by atoms with E-state index in [1.54, 1.807) is 18.9 Å². The third kappa shape index (κ3) is 4.81. The first-order valence-electron chi connectivity index (χ1n) is 11.4. The smallest absolute Gasteiger partial charge is 0.267 e. The lowest BCUT2D eigenvalue weighted by molar-refractivity contribution is -0.125. The van der Waals surface area contributed by atoms with Crippen molar-refractivity contribution in [3.8, 4) is 17.0 Å². The highest BCUT2D eigenvalue weighted by Gasteiger charge is 2.29. The van der Waals surface area contributed by atoms with Crippen molar-refractivity contribution in [2.45, 2.75) is 25.4 Å². The fourth-order valence-corrected chi connectivity index (χ4v) is 5.02. The monoisotopic (exact) mass is 483 g/mol. The zero-order chi connectivity index (χ0) is 24.4. The van der Waals surface area contributed by atoms with Gasteiger partial charge in [0.15, 0.2) is 11.2 Å². The second-order valence-electron chi connectivity index (χ2n) is 8.50. The molecule has 0 spiro atoms. The van der Waals surface area contributed by atoms with E-state index in [1.807, 2.05) is 60.0 Å². The summed E-state index contributed by atoms with van der Waals surface area (Å²) < 4.78 is 5.71. The van der Waals surface area contributed by atoms with Crippen LogP contribution in [0, 0.1) is 0 Å². The summed E-state index contributed by atoms with van der Waals surface area (Å²) in [5.74, 6) is 0.432. The van der Waals surface area contributed by atoms with E-state index in [2.05, 4.69) is 34.6 Å². The van der Waals surface area contributed by atoms with Gasteiger partial charge < -0.3 is 15.0 Å². The summed E-state index contributed by atoms with van der Waals surface area (Å²) in [7, 11) is 1.74. The van der Waals surface area contributed by atoms with Gasteiger partial charge in [0.1, 0.15) is 5.75 Å². The van der Waals surface area contributed by atoms with E-state index in [4.69, 9.17) is 4.74 Å². The Balaban J connectivity index is 1.33. The number of likely N-dealkylation sites (N-methyl/N-ethyl adjacent to an activating group) is 1. The molecule has 1 aromatic heterocycles. The van der Waals surface area contributed by atoms with Gasteiger partial charge in [0.05, 0.1) is 11.4 Å². The largest absolute Gasteiger partial charge is 0.479 e. The number of ether oxygens (including phenoxy) is 1. The van der Waals surface area contributed by atoms with E-state index in [0.717, 1.165) is 22.4 Å². The summed E-state index contributed by atoms with van der Waals surface area (Å²) >= 11 is 1.38. The Morgan fingerprint density at radius 2 is 1.71 bits per heavy atom. The van der Waals surface area contributed by atoms with Crippen LogP contribution in [0.3, 0.4) is 0 Å². The summed E-state index contributed by atoms with van der Waals surface area (Å²) in [6.07, 6.45) is -0.195. The maximum Gasteiger partial charge on any atom is 0.267 e. The third-order valence-electron chi connectivity index (χ3n) is 6.14. The fraction of sp³-hybridized carbons (Fsp3) is 0.179. The Bertz CT molecular complexity index is 1310. The molecule has 6 nitrogen and oxygen atoms in total. The Morgan fingerprint density at radius 1 is 1.06 bits per heavy atom. The van der Waals surface area contributed by atoms with Crippen molar-refractivity contribution >= 4 is 34.0 Å². The van der Waals surface area contributed by atoms with Crippen LogP contribution < -0.4 is 15.0 Å². The van der Waals surface area contributed by atoms with Crippen LogP contribution in [-0.2, 0) is 9.59 Å². The number of hydrogen-bond acceptors (Lipinski definition) is 5. The predicted octanol–water partition coefficient (Wildman–Crippen LogP) is 5.71. The molecule has 0 radical (unpaired) electrons. The first-order chi connectivity index (χ1) is 17.0. The summed E-state index contributed by atoms with van der Waals surface area (Å²) in [5, 5.41) is 5.40. The molecule has 4 aromatic rings. The molecule has 35 heavy (non-hydrogen) atoms. The number of amides is 2. The van der Waals surface area contributed by atoms with Crippen LogP contribution in [0.1, 0.15) is 30.4 Å². The molecule has 5 rings (SSSR count). The Hall–Kier alpha value is -3.97. The van der Waals surface area contributed by atoms with Gasteiger partial charge in [-0.3, -0.25) is 9.59 Å². The van der Waals surface area contributed by atoms with Gasteiger partial charge in [-0.1, -0.05) is 60.7 Å². The molecule has 0 saturated carbocycles. The van der Waals surface area contributed by atoms with Crippen LogP contribution in [-0.4, -0.2) is 29.9 Å². The van der Waals surface area contributed by atoms with Crippen LogP contribution in [0.25, 0.3) is 11.3 Å². The number of benzene rings is 3. The van der Waals surface area contributed by atoms with Gasteiger partial charge in [-0.25, -0.2) is 4.98 Å². The highest BCUT2D eigenvalue weighted by molar-refractivity contribution is 7.14. The van der Waals surface area contributed by atoms with E-state index in [1.165, 1.54) is 11.3 Å². The van der Waals surface area contributed by atoms with Crippen LogP contribution in [0.4, 0.5) is 10.8 Å². The van der Waals surface area contributed by atoms with Crippen molar-refractivity contribution in [2.75, 3.05) is 17.3 Å². The second-order valence-corrected chi connectivity index (χ2v) is 9.36. The third-order valence-corrected chi connectivity index (χ3v) is 6.90. The lowest BCUT2D eigenvalue weighted by Gasteiger charge is -2.30. The first-order valence-corrected chi connectivity index (χ1v) is 12.3. The molecular formula is C28H25N3O3S. The molecule has 1 aliphatic heterocycles. The van der Waals surface area contributed by atoms with Crippen molar-refractivity contribution in [1.82, 2.24) is 4.98 Å². The number of fused-ring (bicyclic) bond motifs is 1. The number of carbonyl (C=O) groups excluding carboxylic acids is 2. The van der Waals surface area contributed by atoms with Crippen molar-refractivity contribution in [3.63, 3.8) is 0 Å². The minimum absolute atomic E-state index is 0.0482. The van der Waals surface area contributed by atoms with E-state index >= 15 is 0 Å². The van der Waals surface area contributed by atoms with Crippen LogP contribution in [0.2, 0.25) is 0 Å². The number of anilines is 2. The molecule has 1 unspecified atom stereocenters. The zero-order valence-corrected chi connectivity index (χ0v) is 20.3. The highest BCUT2D eigenvalue weighted by atomic mass is 32.1. The SMILES string of the molecule is CC1Oc2ccc(-c3csc(NC(=O)CC(c4ccccc4)c4ccccc4)n3)cc2N(C)C1=O. The molecule has 176 valence electrons. The highest BCUT2D eigenvalue weighted by Crippen LogP contribution is 2.37. The maximum absolute atomic E-state index is 13.0. The van der Waals surface area contributed by atoms with Gasteiger partial charge in [0.25, 0.3) is 5.91 Å². The Labute approximate surface area is 208 Å². The Morgan fingerprint density at radius 3 is 2.37 bits per heavy atom. The number of hydrogen-bond donors (Lipinski definition) is 1. The number of rotatable bonds is 6. The summed E-state index contributed by atoms with van der Waals surface area (Å²) in [6, 6.07) is 25.8. The number of aromatic nitrogens is 1. The molecule has 3 aromatic carbocycles. The standard InChI is InChI=1S/C28H25N3O3S/c1-18-27(33)31(2)24-15-21(13-14-25(24)34-18)23-17-35-28(29-23)30-26(32)16-22(19-9-5-3-6-10-19)20-11-7-4-8-12-20/h3-15,17-18,22H,16H2,1-2H3,(H,29,30,32). The first kappa shape index (κ1) is 22.8. The molecule has 7 heteroatoms. The van der Waals surface area contributed by atoms with Crippen LogP contribution in [0.15, 0.2) is 84.2 Å². The normalized spacial score (nSPS) is 15.0. The lowest BCUT2D eigenvalue weighted by Crippen LogP contribution is -2.41. The fourth-order valence-electron chi connectivity index (χ4n) is 4.29. The Kier molecular flexibility index (Phi) is 6.33. The zero-order valence-electron chi connectivity index (χ0n) is 19.5. The number of carbonyl (C=O) groups is 2. The number of thiazole rings is 1. The summed E-state index contributed by atoms with van der Waals surface area (Å²) in [5.41, 5.74) is 4.48. The van der Waals surface area contributed by atoms with E-state index in [0.29, 0.717) is 23.0 Å². The molecule has 0 aliphatic carbocycles. The van der Waals surface area contributed by atoms with E-state index in [9.17, 15) is 9.59 Å². The quantitative estimate of drug-likeness (QED) is 0.381. The van der Waals surface area contributed by atoms with Gasteiger partial charge >= 0.3 is 0 Å². The lowest BCUT2D eigenvalue weighted by atomic mass is 9.88. The molecular weight excluding hydrogens is 458 g/mol. The average Bonchev–Trinajstić information content (AvgIpc) is 3.35. The molecule has 0 saturated heterocycles. The predicted molar refractivity (Wildman–Crippen MR) is 139 cm³/mol. The second kappa shape index (κ2) is 9.72. The maximum atomic E-state index is 13.0. The molecule has 1 N–H and O–H groups in total. The molecule has 2 heterocycles. The summed E-state index contributed by atoms with van der Waals surface area (Å²) in [6.45, 7) is 1.74. The van der Waals surface area contributed by atoms with Gasteiger partial charge in [-0.05, 0) is 36.2 Å². The minimum Gasteiger partial charge on any atom is -0.479 e. The van der Waals surface area contributed by atoms with Crippen LogP contribution in [0.5, 0.6) is 5.75 Å². The van der Waals surface area contributed by atoms with E-state index in [-0.39, 0.29) is 17.7 Å². The molecule has 0 fully saturated rings. The minimum atomic E-state index is -0.505. The molecule has 0 bridgehead atoms.